The zero-order valence-corrected chi connectivity index (χ0v) is 12.2. The van der Waals surface area contributed by atoms with Crippen molar-refractivity contribution in [2.75, 3.05) is 20.8 Å². The number of ether oxygens (including phenoxy) is 2. The van der Waals surface area contributed by atoms with Gasteiger partial charge in [-0.25, -0.2) is 0 Å². The van der Waals surface area contributed by atoms with E-state index in [2.05, 4.69) is 10.3 Å². The molecule has 0 radical (unpaired) electrons. The molecule has 0 spiro atoms. The number of nitrogens with zero attached hydrogens (tertiary/aromatic N) is 1. The van der Waals surface area contributed by atoms with Crippen molar-refractivity contribution in [1.82, 2.24) is 10.3 Å². The maximum absolute atomic E-state index is 5.84. The van der Waals surface area contributed by atoms with Gasteiger partial charge in [-0.05, 0) is 43.4 Å². The normalized spacial score (nSPS) is 11.9. The second-order valence-electron chi connectivity index (χ2n) is 4.20. The average molecular weight is 293 g/mol. The summed E-state index contributed by atoms with van der Waals surface area (Å²) in [6.07, 6.45) is 1.74. The van der Waals surface area contributed by atoms with Gasteiger partial charge in [-0.1, -0.05) is 11.6 Å². The molecule has 0 aliphatic rings. The third-order valence-corrected chi connectivity index (χ3v) is 3.18. The molecule has 0 fully saturated rings. The monoisotopic (exact) mass is 292 g/mol. The van der Waals surface area contributed by atoms with Crippen LogP contribution >= 0.6 is 11.6 Å². The van der Waals surface area contributed by atoms with E-state index >= 15 is 0 Å². The first-order valence-corrected chi connectivity index (χ1v) is 6.67. The lowest BCUT2D eigenvalue weighted by Crippen LogP contribution is -2.24. The van der Waals surface area contributed by atoms with Crippen LogP contribution in [0.5, 0.6) is 11.5 Å². The Labute approximate surface area is 123 Å². The van der Waals surface area contributed by atoms with E-state index < -0.39 is 0 Å². The molecule has 2 rings (SSSR count). The average Bonchev–Trinajstić information content (AvgIpc) is 2.50. The van der Waals surface area contributed by atoms with Crippen LogP contribution in [0.1, 0.15) is 11.7 Å². The summed E-state index contributed by atoms with van der Waals surface area (Å²) in [6.45, 7) is 0.450. The third kappa shape index (κ3) is 3.62. The summed E-state index contributed by atoms with van der Waals surface area (Å²) < 4.78 is 11.1. The number of hydrogen-bond donors (Lipinski definition) is 1. The van der Waals surface area contributed by atoms with E-state index in [1.54, 1.807) is 25.4 Å². The molecule has 5 heteroatoms. The Morgan fingerprint density at radius 2 is 2.00 bits per heavy atom. The molecule has 20 heavy (non-hydrogen) atoms. The number of likely N-dealkylation sites (N-methyl/N-ethyl adjacent to an activating group) is 1. The smallest absolute Gasteiger partial charge is 0.142 e. The number of rotatable bonds is 6. The highest BCUT2D eigenvalue weighted by Crippen LogP contribution is 2.23. The van der Waals surface area contributed by atoms with Gasteiger partial charge in [0.25, 0.3) is 0 Å². The molecular formula is C15H17ClN2O2. The number of aromatic nitrogens is 1. The molecule has 1 unspecified atom stereocenters. The van der Waals surface area contributed by atoms with Crippen molar-refractivity contribution >= 4 is 11.6 Å². The molecule has 1 heterocycles. The Morgan fingerprint density at radius 3 is 2.65 bits per heavy atom. The molecule has 2 aromatic rings. The van der Waals surface area contributed by atoms with Crippen LogP contribution in [0.25, 0.3) is 0 Å². The second kappa shape index (κ2) is 7.12. The van der Waals surface area contributed by atoms with Crippen molar-refractivity contribution in [2.45, 2.75) is 6.04 Å². The Kier molecular flexibility index (Phi) is 5.21. The number of pyridine rings is 1. The fraction of sp³-hybridized carbons (Fsp3) is 0.267. The minimum Gasteiger partial charge on any atom is -0.495 e. The van der Waals surface area contributed by atoms with E-state index in [1.165, 1.54) is 0 Å². The van der Waals surface area contributed by atoms with Crippen molar-refractivity contribution in [1.29, 1.82) is 0 Å². The topological polar surface area (TPSA) is 43.4 Å². The van der Waals surface area contributed by atoms with Gasteiger partial charge in [0.05, 0.1) is 13.2 Å². The van der Waals surface area contributed by atoms with Crippen LogP contribution in [-0.2, 0) is 0 Å². The first kappa shape index (κ1) is 14.6. The van der Waals surface area contributed by atoms with Gasteiger partial charge in [-0.3, -0.25) is 4.98 Å². The minimum absolute atomic E-state index is 0.0539. The van der Waals surface area contributed by atoms with Crippen molar-refractivity contribution in [3.8, 4) is 11.5 Å². The lowest BCUT2D eigenvalue weighted by molar-refractivity contribution is 0.266. The van der Waals surface area contributed by atoms with Crippen molar-refractivity contribution in [3.63, 3.8) is 0 Å². The number of benzene rings is 1. The molecular weight excluding hydrogens is 276 g/mol. The van der Waals surface area contributed by atoms with Gasteiger partial charge in [-0.2, -0.15) is 0 Å². The molecule has 106 valence electrons. The molecule has 1 aromatic carbocycles. The highest BCUT2D eigenvalue weighted by molar-refractivity contribution is 6.30. The molecule has 0 aliphatic carbocycles. The first-order valence-electron chi connectivity index (χ1n) is 6.29. The molecule has 1 aromatic heterocycles. The van der Waals surface area contributed by atoms with Crippen molar-refractivity contribution in [3.05, 3.63) is 53.3 Å². The fourth-order valence-electron chi connectivity index (χ4n) is 1.85. The predicted molar refractivity (Wildman–Crippen MR) is 79.5 cm³/mol. The fourth-order valence-corrected chi connectivity index (χ4v) is 1.97. The minimum atomic E-state index is -0.0539. The zero-order valence-electron chi connectivity index (χ0n) is 11.5. The summed E-state index contributed by atoms with van der Waals surface area (Å²) >= 11 is 5.84. The van der Waals surface area contributed by atoms with Gasteiger partial charge in [0.2, 0.25) is 0 Å². The SMILES string of the molecule is CNC(COc1ccc(Cl)cc1)c1ncccc1OC. The van der Waals surface area contributed by atoms with Crippen LogP contribution in [-0.4, -0.2) is 25.7 Å². The van der Waals surface area contributed by atoms with E-state index in [0.29, 0.717) is 11.6 Å². The summed E-state index contributed by atoms with van der Waals surface area (Å²) in [7, 11) is 3.50. The summed E-state index contributed by atoms with van der Waals surface area (Å²) in [6, 6.07) is 10.9. The van der Waals surface area contributed by atoms with Gasteiger partial charge in [0.1, 0.15) is 23.8 Å². The highest BCUT2D eigenvalue weighted by Gasteiger charge is 2.16. The van der Waals surface area contributed by atoms with E-state index in [1.807, 2.05) is 31.3 Å². The van der Waals surface area contributed by atoms with Gasteiger partial charge < -0.3 is 14.8 Å². The lowest BCUT2D eigenvalue weighted by atomic mass is 10.2. The number of halogens is 1. The second-order valence-corrected chi connectivity index (χ2v) is 4.63. The molecule has 0 amide bonds. The maximum atomic E-state index is 5.84. The van der Waals surface area contributed by atoms with Crippen LogP contribution in [0.3, 0.4) is 0 Å². The number of nitrogens with one attached hydrogen (secondary N) is 1. The number of hydrogen-bond acceptors (Lipinski definition) is 4. The van der Waals surface area contributed by atoms with Gasteiger partial charge in [0.15, 0.2) is 0 Å². The molecule has 1 N–H and O–H groups in total. The molecule has 1 atom stereocenters. The third-order valence-electron chi connectivity index (χ3n) is 2.93. The predicted octanol–water partition coefficient (Wildman–Crippen LogP) is 3.08. The lowest BCUT2D eigenvalue weighted by Gasteiger charge is -2.18. The maximum Gasteiger partial charge on any atom is 0.142 e. The Morgan fingerprint density at radius 1 is 1.25 bits per heavy atom. The van der Waals surface area contributed by atoms with Crippen LogP contribution in [0, 0.1) is 0 Å². The van der Waals surface area contributed by atoms with E-state index in [9.17, 15) is 0 Å². The van der Waals surface area contributed by atoms with Crippen LogP contribution in [0.2, 0.25) is 5.02 Å². The van der Waals surface area contributed by atoms with E-state index in [4.69, 9.17) is 21.1 Å². The summed E-state index contributed by atoms with van der Waals surface area (Å²) in [5, 5.41) is 3.87. The van der Waals surface area contributed by atoms with E-state index in [-0.39, 0.29) is 6.04 Å². The molecule has 0 bridgehead atoms. The Bertz CT molecular complexity index is 546. The Hall–Kier alpha value is -1.78. The summed E-state index contributed by atoms with van der Waals surface area (Å²) in [5.74, 6) is 1.51. The summed E-state index contributed by atoms with van der Waals surface area (Å²) in [5.41, 5.74) is 0.825. The number of methoxy groups -OCH3 is 1. The molecule has 4 nitrogen and oxygen atoms in total. The largest absolute Gasteiger partial charge is 0.495 e. The van der Waals surface area contributed by atoms with E-state index in [0.717, 1.165) is 17.2 Å². The molecule has 0 saturated carbocycles. The van der Waals surface area contributed by atoms with Crippen LogP contribution in [0.15, 0.2) is 42.6 Å². The molecule has 0 aliphatic heterocycles. The van der Waals surface area contributed by atoms with Gasteiger partial charge >= 0.3 is 0 Å². The van der Waals surface area contributed by atoms with Crippen molar-refractivity contribution < 1.29 is 9.47 Å². The first-order chi connectivity index (χ1) is 9.74. The quantitative estimate of drug-likeness (QED) is 0.888. The van der Waals surface area contributed by atoms with Crippen LogP contribution in [0.4, 0.5) is 0 Å². The van der Waals surface area contributed by atoms with Gasteiger partial charge in [-0.15, -0.1) is 0 Å². The van der Waals surface area contributed by atoms with Crippen LogP contribution < -0.4 is 14.8 Å². The highest BCUT2D eigenvalue weighted by atomic mass is 35.5. The summed E-state index contributed by atoms with van der Waals surface area (Å²) in [4.78, 5) is 4.36. The zero-order chi connectivity index (χ0) is 14.4. The Balaban J connectivity index is 2.07. The van der Waals surface area contributed by atoms with Crippen molar-refractivity contribution in [2.24, 2.45) is 0 Å². The van der Waals surface area contributed by atoms with Gasteiger partial charge in [0, 0.05) is 11.2 Å². The molecule has 0 saturated heterocycles. The standard InChI is InChI=1S/C15H17ClN2O2/c1-17-13(15-14(19-2)4-3-9-18-15)10-20-12-7-5-11(16)6-8-12/h3-9,13,17H,10H2,1-2H3.